The number of likely N-dealkylation sites (N-methyl/N-ethyl adjacent to an activating group) is 1. The number of nitrogens with one attached hydrogen (secondary N) is 1. The van der Waals surface area contributed by atoms with Gasteiger partial charge in [-0.2, -0.15) is 11.8 Å². The third-order valence-corrected chi connectivity index (χ3v) is 4.80. The SMILES string of the molecule is CCSC(c1ccccc1)C(Cc1ccccc1)NC. The molecule has 0 radical (unpaired) electrons. The molecule has 2 atom stereocenters. The van der Waals surface area contributed by atoms with Crippen molar-refractivity contribution in [3.63, 3.8) is 0 Å². The van der Waals surface area contributed by atoms with E-state index >= 15 is 0 Å². The third-order valence-electron chi connectivity index (χ3n) is 3.51. The minimum absolute atomic E-state index is 0.449. The Balaban J connectivity index is 2.17. The summed E-state index contributed by atoms with van der Waals surface area (Å²) in [6.07, 6.45) is 1.06. The van der Waals surface area contributed by atoms with Crippen molar-refractivity contribution < 1.29 is 0 Å². The summed E-state index contributed by atoms with van der Waals surface area (Å²) in [5.74, 6) is 1.13. The standard InChI is InChI=1S/C18H23NS/c1-3-20-18(16-12-8-5-9-13-16)17(19-2)14-15-10-6-4-7-11-15/h4-13,17-19H,3,14H2,1-2H3. The van der Waals surface area contributed by atoms with E-state index in [-0.39, 0.29) is 0 Å². The highest BCUT2D eigenvalue weighted by Gasteiger charge is 2.21. The van der Waals surface area contributed by atoms with Crippen LogP contribution < -0.4 is 5.32 Å². The van der Waals surface area contributed by atoms with E-state index in [0.29, 0.717) is 11.3 Å². The molecule has 1 nitrogen and oxygen atoms in total. The summed E-state index contributed by atoms with van der Waals surface area (Å²) in [5, 5.41) is 4.01. The van der Waals surface area contributed by atoms with Crippen LogP contribution in [0.3, 0.4) is 0 Å². The molecule has 0 fully saturated rings. The molecule has 0 saturated heterocycles. The lowest BCUT2D eigenvalue weighted by Crippen LogP contribution is -2.33. The molecule has 0 saturated carbocycles. The zero-order valence-corrected chi connectivity index (χ0v) is 13.1. The lowest BCUT2D eigenvalue weighted by molar-refractivity contribution is 0.547. The highest BCUT2D eigenvalue weighted by molar-refractivity contribution is 7.99. The number of benzene rings is 2. The van der Waals surface area contributed by atoms with E-state index in [9.17, 15) is 0 Å². The molecule has 0 heterocycles. The van der Waals surface area contributed by atoms with Gasteiger partial charge in [-0.25, -0.2) is 0 Å². The molecule has 106 valence electrons. The molecule has 2 aromatic rings. The van der Waals surface area contributed by atoms with Gasteiger partial charge in [0, 0.05) is 11.3 Å². The van der Waals surface area contributed by atoms with Crippen LogP contribution in [-0.2, 0) is 6.42 Å². The van der Waals surface area contributed by atoms with Crippen LogP contribution in [0, 0.1) is 0 Å². The zero-order valence-electron chi connectivity index (χ0n) is 12.3. The molecule has 0 bridgehead atoms. The monoisotopic (exact) mass is 285 g/mol. The van der Waals surface area contributed by atoms with Crippen LogP contribution in [-0.4, -0.2) is 18.8 Å². The van der Waals surface area contributed by atoms with E-state index in [1.165, 1.54) is 11.1 Å². The minimum atomic E-state index is 0.449. The van der Waals surface area contributed by atoms with Gasteiger partial charge >= 0.3 is 0 Å². The molecular weight excluding hydrogens is 262 g/mol. The molecule has 0 amide bonds. The Bertz CT molecular complexity index is 483. The van der Waals surface area contributed by atoms with Crippen LogP contribution in [0.2, 0.25) is 0 Å². The summed E-state index contributed by atoms with van der Waals surface area (Å²) < 4.78 is 0. The molecule has 0 aliphatic rings. The van der Waals surface area contributed by atoms with Gasteiger partial charge in [-0.3, -0.25) is 0 Å². The fourth-order valence-electron chi connectivity index (χ4n) is 2.50. The maximum absolute atomic E-state index is 3.51. The van der Waals surface area contributed by atoms with E-state index < -0.39 is 0 Å². The minimum Gasteiger partial charge on any atom is -0.315 e. The van der Waals surface area contributed by atoms with E-state index in [1.54, 1.807) is 0 Å². The van der Waals surface area contributed by atoms with Crippen LogP contribution in [0.4, 0.5) is 0 Å². The summed E-state index contributed by atoms with van der Waals surface area (Å²) in [5.41, 5.74) is 2.80. The van der Waals surface area contributed by atoms with Gasteiger partial charge in [-0.15, -0.1) is 0 Å². The Morgan fingerprint density at radius 2 is 1.55 bits per heavy atom. The smallest absolute Gasteiger partial charge is 0.0453 e. The molecule has 2 unspecified atom stereocenters. The van der Waals surface area contributed by atoms with Crippen molar-refractivity contribution in [1.29, 1.82) is 0 Å². The van der Waals surface area contributed by atoms with Gasteiger partial charge in [-0.1, -0.05) is 67.6 Å². The van der Waals surface area contributed by atoms with E-state index in [0.717, 1.165) is 12.2 Å². The van der Waals surface area contributed by atoms with Crippen LogP contribution in [0.1, 0.15) is 23.3 Å². The van der Waals surface area contributed by atoms with Gasteiger partial charge in [0.2, 0.25) is 0 Å². The quantitative estimate of drug-likeness (QED) is 0.813. The molecule has 2 aromatic carbocycles. The Hall–Kier alpha value is -1.25. The normalized spacial score (nSPS) is 13.9. The Morgan fingerprint density at radius 3 is 2.10 bits per heavy atom. The summed E-state index contributed by atoms with van der Waals surface area (Å²) >= 11 is 2.02. The van der Waals surface area contributed by atoms with Crippen molar-refractivity contribution in [3.8, 4) is 0 Å². The van der Waals surface area contributed by atoms with Crippen LogP contribution in [0.5, 0.6) is 0 Å². The number of rotatable bonds is 7. The third kappa shape index (κ3) is 4.12. The van der Waals surface area contributed by atoms with Gasteiger partial charge in [0.15, 0.2) is 0 Å². The second-order valence-electron chi connectivity index (χ2n) is 4.87. The molecule has 0 aliphatic heterocycles. The van der Waals surface area contributed by atoms with Crippen molar-refractivity contribution in [1.82, 2.24) is 5.32 Å². The second kappa shape index (κ2) is 8.13. The summed E-state index contributed by atoms with van der Waals surface area (Å²) in [6, 6.07) is 22.0. The van der Waals surface area contributed by atoms with Gasteiger partial charge < -0.3 is 5.32 Å². The number of hydrogen-bond donors (Lipinski definition) is 1. The first kappa shape index (κ1) is 15.1. The highest BCUT2D eigenvalue weighted by atomic mass is 32.2. The van der Waals surface area contributed by atoms with Gasteiger partial charge in [-0.05, 0) is 30.3 Å². The number of thioether (sulfide) groups is 1. The first-order chi connectivity index (χ1) is 9.85. The van der Waals surface area contributed by atoms with Crippen molar-refractivity contribution in [3.05, 3.63) is 71.8 Å². The maximum Gasteiger partial charge on any atom is 0.0453 e. The predicted molar refractivity (Wildman–Crippen MR) is 90.3 cm³/mol. The lowest BCUT2D eigenvalue weighted by Gasteiger charge is -2.27. The fourth-order valence-corrected chi connectivity index (χ4v) is 3.67. The highest BCUT2D eigenvalue weighted by Crippen LogP contribution is 2.33. The first-order valence-corrected chi connectivity index (χ1v) is 8.27. The molecule has 2 rings (SSSR count). The van der Waals surface area contributed by atoms with Crippen molar-refractivity contribution >= 4 is 11.8 Å². The molecular formula is C18H23NS. The van der Waals surface area contributed by atoms with Gasteiger partial charge in [0.05, 0.1) is 0 Å². The van der Waals surface area contributed by atoms with Crippen LogP contribution in [0.25, 0.3) is 0 Å². The summed E-state index contributed by atoms with van der Waals surface area (Å²) in [7, 11) is 2.07. The van der Waals surface area contributed by atoms with E-state index in [4.69, 9.17) is 0 Å². The summed E-state index contributed by atoms with van der Waals surface area (Å²) in [6.45, 7) is 2.23. The van der Waals surface area contributed by atoms with Crippen LogP contribution in [0.15, 0.2) is 60.7 Å². The first-order valence-electron chi connectivity index (χ1n) is 7.23. The largest absolute Gasteiger partial charge is 0.315 e. The average molecular weight is 285 g/mol. The molecule has 2 heteroatoms. The predicted octanol–water partition coefficient (Wildman–Crippen LogP) is 4.31. The van der Waals surface area contributed by atoms with Crippen LogP contribution >= 0.6 is 11.8 Å². The van der Waals surface area contributed by atoms with Crippen molar-refractivity contribution in [2.45, 2.75) is 24.6 Å². The second-order valence-corrected chi connectivity index (χ2v) is 6.29. The molecule has 20 heavy (non-hydrogen) atoms. The molecule has 0 aromatic heterocycles. The van der Waals surface area contributed by atoms with Crippen molar-refractivity contribution in [2.24, 2.45) is 0 Å². The Morgan fingerprint density at radius 1 is 0.950 bits per heavy atom. The van der Waals surface area contributed by atoms with Gasteiger partial charge in [0.1, 0.15) is 0 Å². The van der Waals surface area contributed by atoms with Gasteiger partial charge in [0.25, 0.3) is 0 Å². The Kier molecular flexibility index (Phi) is 6.16. The zero-order chi connectivity index (χ0) is 14.2. The van der Waals surface area contributed by atoms with E-state index in [2.05, 4.69) is 80.0 Å². The maximum atomic E-state index is 3.51. The number of hydrogen-bond acceptors (Lipinski definition) is 2. The van der Waals surface area contributed by atoms with E-state index in [1.807, 2.05) is 11.8 Å². The molecule has 0 aliphatic carbocycles. The lowest BCUT2D eigenvalue weighted by atomic mass is 9.98. The molecule has 1 N–H and O–H groups in total. The molecule has 0 spiro atoms. The summed E-state index contributed by atoms with van der Waals surface area (Å²) in [4.78, 5) is 0. The topological polar surface area (TPSA) is 12.0 Å². The fraction of sp³-hybridized carbons (Fsp3) is 0.333. The average Bonchev–Trinajstić information content (AvgIpc) is 2.52. The Labute approximate surface area is 126 Å². The van der Waals surface area contributed by atoms with Crippen molar-refractivity contribution in [2.75, 3.05) is 12.8 Å².